The monoisotopic (exact) mass is 355 g/mol. The summed E-state index contributed by atoms with van der Waals surface area (Å²) in [5.41, 5.74) is 1.48. The van der Waals surface area contributed by atoms with Crippen molar-refractivity contribution in [3.63, 3.8) is 0 Å². The van der Waals surface area contributed by atoms with Gasteiger partial charge >= 0.3 is 0 Å². The van der Waals surface area contributed by atoms with Crippen molar-refractivity contribution in [2.75, 3.05) is 24.7 Å². The van der Waals surface area contributed by atoms with Crippen molar-refractivity contribution in [3.05, 3.63) is 54.1 Å². The summed E-state index contributed by atoms with van der Waals surface area (Å²) < 4.78 is 8.43. The van der Waals surface area contributed by atoms with Crippen LogP contribution in [-0.4, -0.2) is 38.8 Å². The summed E-state index contributed by atoms with van der Waals surface area (Å²) in [6.45, 7) is 0. The van der Waals surface area contributed by atoms with Crippen molar-refractivity contribution in [1.82, 2.24) is 13.6 Å². The van der Waals surface area contributed by atoms with Gasteiger partial charge in [-0.05, 0) is 24.3 Å². The van der Waals surface area contributed by atoms with Crippen LogP contribution in [0.4, 0.5) is 23.0 Å². The number of anilines is 4. The van der Waals surface area contributed by atoms with Crippen molar-refractivity contribution in [2.45, 2.75) is 0 Å². The van der Waals surface area contributed by atoms with E-state index < -0.39 is 0 Å². The van der Waals surface area contributed by atoms with E-state index in [1.807, 2.05) is 30.3 Å². The second kappa shape index (κ2) is 7.18. The molecule has 0 spiro atoms. The first-order chi connectivity index (χ1) is 12.1. The molecule has 7 nitrogen and oxygen atoms in total. The van der Waals surface area contributed by atoms with Gasteiger partial charge in [-0.2, -0.15) is 8.75 Å². The highest BCUT2D eigenvalue weighted by atomic mass is 32.1. The zero-order valence-electron chi connectivity index (χ0n) is 13.7. The number of benzene rings is 2. The predicted octanol–water partition coefficient (Wildman–Crippen LogP) is 3.43. The highest BCUT2D eigenvalue weighted by Gasteiger charge is 2.17. The van der Waals surface area contributed by atoms with Gasteiger partial charge in [-0.3, -0.25) is 4.79 Å². The van der Waals surface area contributed by atoms with Crippen molar-refractivity contribution in [2.24, 2.45) is 0 Å². The molecule has 0 unspecified atom stereocenters. The van der Waals surface area contributed by atoms with Crippen LogP contribution in [0.3, 0.4) is 0 Å². The van der Waals surface area contributed by atoms with Gasteiger partial charge in [-0.1, -0.05) is 24.3 Å². The molecule has 3 N–H and O–H groups in total. The number of aromatic hydroxyl groups is 1. The first kappa shape index (κ1) is 16.7. The molecule has 8 heteroatoms. The third-order valence-electron chi connectivity index (χ3n) is 3.45. The molecule has 1 amide bonds. The number of phenolic OH excluding ortho intramolecular Hbond substituents is 1. The fraction of sp³-hybridized carbons (Fsp3) is 0.118. The zero-order valence-corrected chi connectivity index (χ0v) is 14.5. The molecule has 0 bridgehead atoms. The van der Waals surface area contributed by atoms with E-state index in [0.717, 1.165) is 17.4 Å². The molecule has 25 heavy (non-hydrogen) atoms. The minimum atomic E-state index is -0.278. The second-order valence-electron chi connectivity index (χ2n) is 5.48. The lowest BCUT2D eigenvalue weighted by Crippen LogP contribution is -2.21. The van der Waals surface area contributed by atoms with Crippen LogP contribution < -0.4 is 10.6 Å². The summed E-state index contributed by atoms with van der Waals surface area (Å²) in [7, 11) is 3.27. The number of carbonyl (C=O) groups is 1. The Kier molecular flexibility index (Phi) is 4.80. The number of hydrogen-bond acceptors (Lipinski definition) is 7. The van der Waals surface area contributed by atoms with E-state index in [4.69, 9.17) is 0 Å². The molecule has 1 heterocycles. The maximum atomic E-state index is 12.1. The van der Waals surface area contributed by atoms with E-state index in [-0.39, 0.29) is 17.2 Å². The number of aromatic nitrogens is 2. The minimum absolute atomic E-state index is 0.125. The van der Waals surface area contributed by atoms with Gasteiger partial charge in [0.05, 0.1) is 23.0 Å². The lowest BCUT2D eigenvalue weighted by molar-refractivity contribution is 0.0824. The Bertz CT molecular complexity index is 880. The van der Waals surface area contributed by atoms with Gasteiger partial charge in [0.1, 0.15) is 0 Å². The standard InChI is InChI=1S/C17H17N5O2S/c1-22(2)17(24)12-9-6-10-13(14(12)23)19-16-15(20-25-21-16)18-11-7-4-3-5-8-11/h3-10,23H,1-2H3,(H,18,20)(H,19,21). The van der Waals surface area contributed by atoms with Crippen LogP contribution in [0, 0.1) is 0 Å². The lowest BCUT2D eigenvalue weighted by atomic mass is 10.1. The van der Waals surface area contributed by atoms with E-state index >= 15 is 0 Å². The number of amides is 1. The van der Waals surface area contributed by atoms with Gasteiger partial charge in [0.2, 0.25) is 0 Å². The first-order valence-electron chi connectivity index (χ1n) is 7.51. The molecule has 128 valence electrons. The highest BCUT2D eigenvalue weighted by Crippen LogP contribution is 2.33. The minimum Gasteiger partial charge on any atom is -0.505 e. The Morgan fingerprint density at radius 2 is 1.68 bits per heavy atom. The smallest absolute Gasteiger partial charge is 0.257 e. The summed E-state index contributed by atoms with van der Waals surface area (Å²) in [5.74, 6) is 0.610. The molecule has 0 saturated carbocycles. The molecular weight excluding hydrogens is 338 g/mol. The summed E-state index contributed by atoms with van der Waals surface area (Å²) in [5, 5.41) is 16.6. The Morgan fingerprint density at radius 3 is 2.36 bits per heavy atom. The molecule has 0 aliphatic rings. The molecule has 0 aliphatic carbocycles. The number of para-hydroxylation sites is 2. The topological polar surface area (TPSA) is 90.4 Å². The number of phenols is 1. The SMILES string of the molecule is CN(C)C(=O)c1cccc(Nc2nsnc2Nc2ccccc2)c1O. The van der Waals surface area contributed by atoms with E-state index in [2.05, 4.69) is 19.4 Å². The van der Waals surface area contributed by atoms with E-state index in [0.29, 0.717) is 17.3 Å². The molecule has 3 aromatic rings. The van der Waals surface area contributed by atoms with Gasteiger partial charge in [0.15, 0.2) is 17.4 Å². The molecule has 0 aliphatic heterocycles. The maximum absolute atomic E-state index is 12.1. The number of carbonyl (C=O) groups excluding carboxylic acids is 1. The summed E-state index contributed by atoms with van der Waals surface area (Å²) in [4.78, 5) is 13.5. The van der Waals surface area contributed by atoms with Crippen molar-refractivity contribution >= 4 is 40.6 Å². The summed E-state index contributed by atoms with van der Waals surface area (Å²) in [6.07, 6.45) is 0. The van der Waals surface area contributed by atoms with Crippen molar-refractivity contribution in [3.8, 4) is 5.75 Å². The fourth-order valence-electron chi connectivity index (χ4n) is 2.20. The van der Waals surface area contributed by atoms with Crippen LogP contribution in [0.5, 0.6) is 5.75 Å². The summed E-state index contributed by atoms with van der Waals surface area (Å²) in [6, 6.07) is 14.5. The largest absolute Gasteiger partial charge is 0.505 e. The molecule has 1 aromatic heterocycles. The van der Waals surface area contributed by atoms with Gasteiger partial charge < -0.3 is 20.6 Å². The van der Waals surface area contributed by atoms with Crippen LogP contribution in [0.2, 0.25) is 0 Å². The third kappa shape index (κ3) is 3.69. The van der Waals surface area contributed by atoms with Crippen molar-refractivity contribution < 1.29 is 9.90 Å². The average Bonchev–Trinajstić information content (AvgIpc) is 3.04. The predicted molar refractivity (Wildman–Crippen MR) is 99.0 cm³/mol. The number of nitrogens with zero attached hydrogens (tertiary/aromatic N) is 3. The number of nitrogens with one attached hydrogen (secondary N) is 2. The second-order valence-corrected chi connectivity index (χ2v) is 6.01. The van der Waals surface area contributed by atoms with Gasteiger partial charge in [-0.15, -0.1) is 0 Å². The van der Waals surface area contributed by atoms with Crippen LogP contribution >= 0.6 is 11.7 Å². The molecule has 3 rings (SSSR count). The highest BCUT2D eigenvalue weighted by molar-refractivity contribution is 6.99. The van der Waals surface area contributed by atoms with E-state index in [9.17, 15) is 9.90 Å². The van der Waals surface area contributed by atoms with Gasteiger partial charge in [0.25, 0.3) is 5.91 Å². The fourth-order valence-corrected chi connectivity index (χ4v) is 2.66. The van der Waals surface area contributed by atoms with Crippen LogP contribution in [0.1, 0.15) is 10.4 Å². The molecule has 0 atom stereocenters. The normalized spacial score (nSPS) is 10.3. The Morgan fingerprint density at radius 1 is 1.00 bits per heavy atom. The van der Waals surface area contributed by atoms with Crippen LogP contribution in [-0.2, 0) is 0 Å². The quantitative estimate of drug-likeness (QED) is 0.608. The number of rotatable bonds is 5. The van der Waals surface area contributed by atoms with Gasteiger partial charge in [0, 0.05) is 19.8 Å². The third-order valence-corrected chi connectivity index (χ3v) is 3.98. The molecule has 0 fully saturated rings. The average molecular weight is 355 g/mol. The Hall–Kier alpha value is -3.13. The van der Waals surface area contributed by atoms with Crippen LogP contribution in [0.15, 0.2) is 48.5 Å². The molecule has 0 saturated heterocycles. The van der Waals surface area contributed by atoms with Crippen molar-refractivity contribution in [1.29, 1.82) is 0 Å². The van der Waals surface area contributed by atoms with E-state index in [1.165, 1.54) is 4.90 Å². The van der Waals surface area contributed by atoms with E-state index in [1.54, 1.807) is 32.3 Å². The number of hydrogen-bond donors (Lipinski definition) is 3. The zero-order chi connectivity index (χ0) is 17.8. The molecule has 2 aromatic carbocycles. The Balaban J connectivity index is 1.86. The molecule has 0 radical (unpaired) electrons. The summed E-state index contributed by atoms with van der Waals surface area (Å²) >= 11 is 1.04. The Labute approximate surface area is 149 Å². The van der Waals surface area contributed by atoms with Crippen LogP contribution in [0.25, 0.3) is 0 Å². The van der Waals surface area contributed by atoms with Gasteiger partial charge in [-0.25, -0.2) is 0 Å². The molecular formula is C17H17N5O2S. The maximum Gasteiger partial charge on any atom is 0.257 e. The lowest BCUT2D eigenvalue weighted by Gasteiger charge is -2.14. The first-order valence-corrected chi connectivity index (χ1v) is 8.24.